The van der Waals surface area contributed by atoms with Crippen LogP contribution in [0.5, 0.6) is 5.75 Å². The second kappa shape index (κ2) is 5.43. The topological polar surface area (TPSA) is 52.3 Å². The number of halogens is 1. The summed E-state index contributed by atoms with van der Waals surface area (Å²) in [5.74, 6) is 0.907. The minimum atomic E-state index is 0.0277. The highest BCUT2D eigenvalue weighted by Gasteiger charge is 2.28. The number of benzene rings is 1. The van der Waals surface area contributed by atoms with Crippen LogP contribution in [0.1, 0.15) is 29.7 Å². The summed E-state index contributed by atoms with van der Waals surface area (Å²) in [7, 11) is 0. The van der Waals surface area contributed by atoms with E-state index in [-0.39, 0.29) is 17.1 Å². The van der Waals surface area contributed by atoms with E-state index in [4.69, 9.17) is 22.1 Å². The number of allylic oxidation sites excluding steroid dienone is 2. The fourth-order valence-electron chi connectivity index (χ4n) is 2.62. The van der Waals surface area contributed by atoms with Crippen molar-refractivity contribution in [2.75, 3.05) is 6.54 Å². The third-order valence-corrected chi connectivity index (χ3v) is 5.38. The zero-order chi connectivity index (χ0) is 14.3. The average Bonchev–Trinajstić information content (AvgIpc) is 3.05. The molecule has 2 atom stereocenters. The van der Waals surface area contributed by atoms with Crippen molar-refractivity contribution in [1.82, 2.24) is 0 Å². The lowest BCUT2D eigenvalue weighted by atomic mass is 10.0. The number of nitrogens with two attached hydrogens (primary N) is 1. The molecule has 2 aliphatic rings. The highest BCUT2D eigenvalue weighted by atomic mass is 35.5. The molecule has 1 aromatic carbocycles. The molecule has 0 amide bonds. The second-order valence-corrected chi connectivity index (χ2v) is 6.79. The molecule has 0 spiro atoms. The fourth-order valence-corrected chi connectivity index (χ4v) is 4.04. The number of rotatable bonds is 3. The van der Waals surface area contributed by atoms with E-state index in [2.05, 4.69) is 6.07 Å². The molecular weight excluding hydrogens is 294 g/mol. The van der Waals surface area contributed by atoms with E-state index in [1.165, 1.54) is 0 Å². The van der Waals surface area contributed by atoms with Gasteiger partial charge in [0.1, 0.15) is 11.9 Å². The number of hydrogen-bond donors (Lipinski definition) is 1. The molecule has 106 valence electrons. The zero-order valence-electron chi connectivity index (χ0n) is 11.2. The van der Waals surface area contributed by atoms with Gasteiger partial charge in [0.25, 0.3) is 0 Å². The first-order valence-corrected chi connectivity index (χ1v) is 7.91. The number of fused-ring (bicyclic) bond motifs is 1. The van der Waals surface area contributed by atoms with Crippen LogP contribution in [-0.2, 0) is 11.2 Å². The summed E-state index contributed by atoms with van der Waals surface area (Å²) in [6.45, 7) is 2.10. The van der Waals surface area contributed by atoms with E-state index >= 15 is 0 Å². The lowest BCUT2D eigenvalue weighted by Crippen LogP contribution is -2.24. The van der Waals surface area contributed by atoms with Crippen molar-refractivity contribution in [2.45, 2.75) is 31.1 Å². The van der Waals surface area contributed by atoms with E-state index in [9.17, 15) is 4.79 Å². The third kappa shape index (κ3) is 2.48. The van der Waals surface area contributed by atoms with Crippen molar-refractivity contribution in [3.63, 3.8) is 0 Å². The van der Waals surface area contributed by atoms with Crippen LogP contribution >= 0.6 is 23.4 Å². The standard InChI is InChI=1S/C15H16ClNO2S/c1-8(18)13-2-3-14(20-13)9-4-10-5-11(7-17)19-15(10)12(16)6-9/h2,4,6,11,14H,3,5,7,17H2,1H3. The Kier molecular flexibility index (Phi) is 3.80. The highest BCUT2D eigenvalue weighted by Crippen LogP contribution is 2.47. The number of Topliss-reactive ketones (excluding diaryl/α,β-unsaturated/α-hetero) is 1. The van der Waals surface area contributed by atoms with Crippen LogP contribution in [0.15, 0.2) is 23.1 Å². The third-order valence-electron chi connectivity index (χ3n) is 3.64. The van der Waals surface area contributed by atoms with E-state index < -0.39 is 0 Å². The van der Waals surface area contributed by atoms with Gasteiger partial charge in [0.15, 0.2) is 5.78 Å². The lowest BCUT2D eigenvalue weighted by molar-refractivity contribution is -0.112. The summed E-state index contributed by atoms with van der Waals surface area (Å²) in [6.07, 6.45) is 3.72. The number of ether oxygens (including phenoxy) is 1. The first-order valence-electron chi connectivity index (χ1n) is 6.65. The Morgan fingerprint density at radius 2 is 2.35 bits per heavy atom. The van der Waals surface area contributed by atoms with Crippen molar-refractivity contribution in [2.24, 2.45) is 5.73 Å². The molecule has 0 saturated heterocycles. The fraction of sp³-hybridized carbons (Fsp3) is 0.400. The molecule has 3 rings (SSSR count). The van der Waals surface area contributed by atoms with Crippen LogP contribution in [-0.4, -0.2) is 18.4 Å². The number of hydrogen-bond acceptors (Lipinski definition) is 4. The van der Waals surface area contributed by atoms with Crippen molar-refractivity contribution in [3.8, 4) is 5.75 Å². The quantitative estimate of drug-likeness (QED) is 0.931. The molecule has 0 radical (unpaired) electrons. The van der Waals surface area contributed by atoms with Crippen LogP contribution < -0.4 is 10.5 Å². The Labute approximate surface area is 127 Å². The molecule has 2 heterocycles. The Morgan fingerprint density at radius 3 is 3.00 bits per heavy atom. The largest absolute Gasteiger partial charge is 0.487 e. The van der Waals surface area contributed by atoms with E-state index in [1.807, 2.05) is 12.1 Å². The van der Waals surface area contributed by atoms with E-state index in [0.717, 1.165) is 34.6 Å². The van der Waals surface area contributed by atoms with Gasteiger partial charge in [-0.1, -0.05) is 23.7 Å². The Bertz CT molecular complexity index is 600. The van der Waals surface area contributed by atoms with Gasteiger partial charge in [-0.3, -0.25) is 4.79 Å². The van der Waals surface area contributed by atoms with Crippen molar-refractivity contribution in [3.05, 3.63) is 39.3 Å². The van der Waals surface area contributed by atoms with Crippen molar-refractivity contribution < 1.29 is 9.53 Å². The van der Waals surface area contributed by atoms with Crippen LogP contribution in [0.2, 0.25) is 5.02 Å². The lowest BCUT2D eigenvalue weighted by Gasteiger charge is -2.12. The van der Waals surface area contributed by atoms with Crippen molar-refractivity contribution >= 4 is 29.1 Å². The van der Waals surface area contributed by atoms with Gasteiger partial charge in [0.05, 0.1) is 5.02 Å². The normalized spacial score (nSPS) is 24.2. The van der Waals surface area contributed by atoms with E-state index in [1.54, 1.807) is 18.7 Å². The van der Waals surface area contributed by atoms with Crippen LogP contribution in [0.4, 0.5) is 0 Å². The molecule has 5 heteroatoms. The summed E-state index contributed by atoms with van der Waals surface area (Å²) < 4.78 is 5.73. The molecule has 3 nitrogen and oxygen atoms in total. The maximum absolute atomic E-state index is 11.4. The monoisotopic (exact) mass is 309 g/mol. The molecule has 0 aromatic heterocycles. The predicted octanol–water partition coefficient (Wildman–Crippen LogP) is 3.25. The van der Waals surface area contributed by atoms with Gasteiger partial charge in [-0.05, 0) is 30.5 Å². The predicted molar refractivity (Wildman–Crippen MR) is 82.3 cm³/mol. The molecule has 0 bridgehead atoms. The number of thioether (sulfide) groups is 1. The second-order valence-electron chi connectivity index (χ2n) is 5.14. The molecule has 0 aliphatic carbocycles. The van der Waals surface area contributed by atoms with Gasteiger partial charge in [-0.25, -0.2) is 0 Å². The molecule has 2 aliphatic heterocycles. The average molecular weight is 310 g/mol. The SMILES string of the molecule is CC(=O)C1=CCC(c2cc(Cl)c3c(c2)CC(CN)O3)S1. The van der Waals surface area contributed by atoms with Gasteiger partial charge in [0, 0.05) is 23.1 Å². The van der Waals surface area contributed by atoms with Gasteiger partial charge in [-0.15, -0.1) is 11.8 Å². The van der Waals surface area contributed by atoms with Gasteiger partial charge >= 0.3 is 0 Å². The van der Waals surface area contributed by atoms with Crippen LogP contribution in [0.25, 0.3) is 0 Å². The number of ketones is 1. The minimum absolute atomic E-state index is 0.0277. The van der Waals surface area contributed by atoms with Crippen LogP contribution in [0, 0.1) is 0 Å². The summed E-state index contributed by atoms with van der Waals surface area (Å²) in [6, 6.07) is 4.10. The minimum Gasteiger partial charge on any atom is -0.487 e. The Hall–Kier alpha value is -0.970. The molecular formula is C15H16ClNO2S. The molecule has 20 heavy (non-hydrogen) atoms. The molecule has 0 fully saturated rings. The maximum atomic E-state index is 11.4. The summed E-state index contributed by atoms with van der Waals surface area (Å²) >= 11 is 7.94. The first-order chi connectivity index (χ1) is 9.58. The summed E-state index contributed by atoms with van der Waals surface area (Å²) in [4.78, 5) is 12.3. The molecule has 0 saturated carbocycles. The Morgan fingerprint density at radius 1 is 1.55 bits per heavy atom. The van der Waals surface area contributed by atoms with Crippen LogP contribution in [0.3, 0.4) is 0 Å². The van der Waals surface area contributed by atoms with Gasteiger partial charge < -0.3 is 10.5 Å². The summed E-state index contributed by atoms with van der Waals surface area (Å²) in [5.41, 5.74) is 7.94. The smallest absolute Gasteiger partial charge is 0.165 e. The van der Waals surface area contributed by atoms with Crippen molar-refractivity contribution in [1.29, 1.82) is 0 Å². The molecule has 2 N–H and O–H groups in total. The van der Waals surface area contributed by atoms with Gasteiger partial charge in [-0.2, -0.15) is 0 Å². The maximum Gasteiger partial charge on any atom is 0.165 e. The van der Waals surface area contributed by atoms with E-state index in [0.29, 0.717) is 11.6 Å². The first kappa shape index (κ1) is 14.0. The number of carbonyl (C=O) groups is 1. The number of carbonyl (C=O) groups excluding carboxylic acids is 1. The summed E-state index contributed by atoms with van der Waals surface area (Å²) in [5, 5.41) is 0.916. The highest BCUT2D eigenvalue weighted by molar-refractivity contribution is 8.04. The molecule has 2 unspecified atom stereocenters. The van der Waals surface area contributed by atoms with Gasteiger partial charge in [0.2, 0.25) is 0 Å². The zero-order valence-corrected chi connectivity index (χ0v) is 12.8. The Balaban J connectivity index is 1.84. The molecule has 1 aromatic rings.